The molecule has 0 saturated carbocycles. The van der Waals surface area contributed by atoms with Gasteiger partial charge in [0.1, 0.15) is 5.75 Å². The fourth-order valence-corrected chi connectivity index (χ4v) is 2.43. The van der Waals surface area contributed by atoms with Gasteiger partial charge in [-0.15, -0.1) is 0 Å². The standard InChI is InChI=1S/C19H25NO2/c1-3-15-8-10-17(11-9-15)19(14-21)20-13-16-6-5-7-18(12-16)22-4-2/h5-12,19-21H,3-4,13-14H2,1-2H3. The summed E-state index contributed by atoms with van der Waals surface area (Å²) >= 11 is 0. The second-order valence-electron chi connectivity index (χ2n) is 5.29. The molecule has 0 spiro atoms. The van der Waals surface area contributed by atoms with Crippen molar-refractivity contribution in [1.82, 2.24) is 5.32 Å². The summed E-state index contributed by atoms with van der Waals surface area (Å²) in [5.41, 5.74) is 3.57. The number of benzene rings is 2. The molecular weight excluding hydrogens is 274 g/mol. The second kappa shape index (κ2) is 8.57. The topological polar surface area (TPSA) is 41.5 Å². The number of hydrogen-bond acceptors (Lipinski definition) is 3. The minimum absolute atomic E-state index is 0.0540. The third-order valence-corrected chi connectivity index (χ3v) is 3.73. The molecule has 2 N–H and O–H groups in total. The van der Waals surface area contributed by atoms with Gasteiger partial charge in [-0.3, -0.25) is 0 Å². The third kappa shape index (κ3) is 4.58. The maximum Gasteiger partial charge on any atom is 0.119 e. The average molecular weight is 299 g/mol. The Balaban J connectivity index is 1.99. The lowest BCUT2D eigenvalue weighted by Crippen LogP contribution is -2.24. The van der Waals surface area contributed by atoms with Crippen LogP contribution in [0.3, 0.4) is 0 Å². The molecule has 0 heterocycles. The van der Waals surface area contributed by atoms with Crippen molar-refractivity contribution in [1.29, 1.82) is 0 Å². The van der Waals surface area contributed by atoms with Crippen molar-refractivity contribution in [2.45, 2.75) is 32.9 Å². The van der Waals surface area contributed by atoms with Crippen LogP contribution in [0.2, 0.25) is 0 Å². The van der Waals surface area contributed by atoms with Crippen LogP contribution >= 0.6 is 0 Å². The van der Waals surface area contributed by atoms with Gasteiger partial charge in [0.25, 0.3) is 0 Å². The van der Waals surface area contributed by atoms with Gasteiger partial charge < -0.3 is 15.2 Å². The molecule has 0 aliphatic carbocycles. The molecule has 1 atom stereocenters. The van der Waals surface area contributed by atoms with Crippen LogP contribution < -0.4 is 10.1 Å². The summed E-state index contributed by atoms with van der Waals surface area (Å²) in [5.74, 6) is 0.884. The molecule has 22 heavy (non-hydrogen) atoms. The van der Waals surface area contributed by atoms with E-state index in [1.54, 1.807) is 0 Å². The first-order valence-electron chi connectivity index (χ1n) is 7.91. The SMILES string of the molecule is CCOc1cccc(CNC(CO)c2ccc(CC)cc2)c1. The highest BCUT2D eigenvalue weighted by molar-refractivity contribution is 5.29. The van der Waals surface area contributed by atoms with Crippen LogP contribution in [0.1, 0.15) is 36.6 Å². The Labute approximate surface area is 133 Å². The van der Waals surface area contributed by atoms with Gasteiger partial charge >= 0.3 is 0 Å². The van der Waals surface area contributed by atoms with E-state index in [2.05, 4.69) is 42.6 Å². The molecule has 2 aromatic carbocycles. The lowest BCUT2D eigenvalue weighted by atomic mass is 10.0. The molecule has 0 aromatic heterocycles. The zero-order chi connectivity index (χ0) is 15.8. The average Bonchev–Trinajstić information content (AvgIpc) is 2.57. The molecule has 2 rings (SSSR count). The van der Waals surface area contributed by atoms with Gasteiger partial charge in [0.05, 0.1) is 19.3 Å². The Hall–Kier alpha value is -1.84. The van der Waals surface area contributed by atoms with Crippen LogP contribution in [0.4, 0.5) is 0 Å². The number of aryl methyl sites for hydroxylation is 1. The van der Waals surface area contributed by atoms with Crippen molar-refractivity contribution in [3.8, 4) is 5.75 Å². The minimum Gasteiger partial charge on any atom is -0.494 e. The largest absolute Gasteiger partial charge is 0.494 e. The van der Waals surface area contributed by atoms with Gasteiger partial charge in [-0.2, -0.15) is 0 Å². The summed E-state index contributed by atoms with van der Waals surface area (Å²) in [5, 5.41) is 13.0. The third-order valence-electron chi connectivity index (χ3n) is 3.73. The Bertz CT molecular complexity index is 566. The molecule has 0 fully saturated rings. The molecular formula is C19H25NO2. The van der Waals surface area contributed by atoms with Crippen molar-refractivity contribution in [3.63, 3.8) is 0 Å². The number of hydrogen-bond donors (Lipinski definition) is 2. The molecule has 0 radical (unpaired) electrons. The first-order chi connectivity index (χ1) is 10.8. The number of aliphatic hydroxyl groups is 1. The number of rotatable bonds is 8. The van der Waals surface area contributed by atoms with Crippen LogP contribution in [0.25, 0.3) is 0 Å². The van der Waals surface area contributed by atoms with Crippen LogP contribution in [0.5, 0.6) is 5.75 Å². The molecule has 0 bridgehead atoms. The van der Waals surface area contributed by atoms with Gasteiger partial charge in [0.15, 0.2) is 0 Å². The van der Waals surface area contributed by atoms with Crippen molar-refractivity contribution in [2.24, 2.45) is 0 Å². The number of aliphatic hydroxyl groups excluding tert-OH is 1. The zero-order valence-corrected chi connectivity index (χ0v) is 13.4. The summed E-state index contributed by atoms with van der Waals surface area (Å²) in [7, 11) is 0. The Kier molecular flexibility index (Phi) is 6.44. The van der Waals surface area contributed by atoms with E-state index in [-0.39, 0.29) is 12.6 Å². The quantitative estimate of drug-likeness (QED) is 0.784. The number of ether oxygens (including phenoxy) is 1. The summed E-state index contributed by atoms with van der Waals surface area (Å²) in [4.78, 5) is 0. The predicted molar refractivity (Wildman–Crippen MR) is 90.1 cm³/mol. The highest BCUT2D eigenvalue weighted by Gasteiger charge is 2.09. The predicted octanol–water partition coefficient (Wildman–Crippen LogP) is 3.47. The first kappa shape index (κ1) is 16.5. The molecule has 0 aliphatic rings. The maximum absolute atomic E-state index is 9.64. The van der Waals surface area contributed by atoms with Gasteiger partial charge in [0.2, 0.25) is 0 Å². The van der Waals surface area contributed by atoms with E-state index >= 15 is 0 Å². The number of nitrogens with one attached hydrogen (secondary N) is 1. The summed E-state index contributed by atoms with van der Waals surface area (Å²) in [6.45, 7) is 5.56. The van der Waals surface area contributed by atoms with Crippen molar-refractivity contribution < 1.29 is 9.84 Å². The van der Waals surface area contributed by atoms with Crippen molar-refractivity contribution in [2.75, 3.05) is 13.2 Å². The normalized spacial score (nSPS) is 12.1. The van der Waals surface area contributed by atoms with Crippen molar-refractivity contribution >= 4 is 0 Å². The molecule has 3 heteroatoms. The Morgan fingerprint density at radius 2 is 1.82 bits per heavy atom. The second-order valence-corrected chi connectivity index (χ2v) is 5.29. The van der Waals surface area contributed by atoms with E-state index in [0.717, 1.165) is 23.3 Å². The van der Waals surface area contributed by atoms with Gasteiger partial charge in [0, 0.05) is 6.54 Å². The first-order valence-corrected chi connectivity index (χ1v) is 7.91. The summed E-state index contributed by atoms with van der Waals surface area (Å²) in [6, 6.07) is 16.4. The van der Waals surface area contributed by atoms with E-state index in [0.29, 0.717) is 13.2 Å². The van der Waals surface area contributed by atoms with Crippen LogP contribution in [0.15, 0.2) is 48.5 Å². The molecule has 3 nitrogen and oxygen atoms in total. The monoisotopic (exact) mass is 299 g/mol. The Morgan fingerprint density at radius 3 is 2.45 bits per heavy atom. The van der Waals surface area contributed by atoms with Crippen molar-refractivity contribution in [3.05, 3.63) is 65.2 Å². The van der Waals surface area contributed by atoms with Crippen LogP contribution in [0, 0.1) is 0 Å². The maximum atomic E-state index is 9.64. The fraction of sp³-hybridized carbons (Fsp3) is 0.368. The highest BCUT2D eigenvalue weighted by Crippen LogP contribution is 2.17. The van der Waals surface area contributed by atoms with E-state index in [1.165, 1.54) is 5.56 Å². The lowest BCUT2D eigenvalue weighted by molar-refractivity contribution is 0.243. The molecule has 0 amide bonds. The fourth-order valence-electron chi connectivity index (χ4n) is 2.43. The summed E-state index contributed by atoms with van der Waals surface area (Å²) in [6.07, 6.45) is 1.03. The van der Waals surface area contributed by atoms with Crippen LogP contribution in [-0.4, -0.2) is 18.3 Å². The van der Waals surface area contributed by atoms with Gasteiger partial charge in [-0.25, -0.2) is 0 Å². The van der Waals surface area contributed by atoms with E-state index in [4.69, 9.17) is 4.74 Å². The van der Waals surface area contributed by atoms with E-state index < -0.39 is 0 Å². The Morgan fingerprint density at radius 1 is 1.05 bits per heavy atom. The van der Waals surface area contributed by atoms with Crippen LogP contribution in [-0.2, 0) is 13.0 Å². The molecule has 2 aromatic rings. The molecule has 0 saturated heterocycles. The smallest absolute Gasteiger partial charge is 0.119 e. The summed E-state index contributed by atoms with van der Waals surface area (Å²) < 4.78 is 5.51. The molecule has 118 valence electrons. The lowest BCUT2D eigenvalue weighted by Gasteiger charge is -2.17. The minimum atomic E-state index is -0.0540. The highest BCUT2D eigenvalue weighted by atomic mass is 16.5. The van der Waals surface area contributed by atoms with E-state index in [9.17, 15) is 5.11 Å². The zero-order valence-electron chi connectivity index (χ0n) is 13.4. The van der Waals surface area contributed by atoms with E-state index in [1.807, 2.05) is 25.1 Å². The van der Waals surface area contributed by atoms with Gasteiger partial charge in [-0.05, 0) is 42.2 Å². The molecule has 1 unspecified atom stereocenters. The molecule has 0 aliphatic heterocycles. The van der Waals surface area contributed by atoms with Gasteiger partial charge in [-0.1, -0.05) is 43.3 Å².